The fourth-order valence-electron chi connectivity index (χ4n) is 3.66. The molecule has 0 unspecified atom stereocenters. The van der Waals surface area contributed by atoms with Crippen LogP contribution in [0.2, 0.25) is 0 Å². The largest absolute Gasteiger partial charge is 0.452 e. The van der Waals surface area contributed by atoms with Gasteiger partial charge in [-0.25, -0.2) is 9.59 Å². The van der Waals surface area contributed by atoms with Crippen molar-refractivity contribution in [2.24, 2.45) is 0 Å². The predicted molar refractivity (Wildman–Crippen MR) is 126 cm³/mol. The van der Waals surface area contributed by atoms with Gasteiger partial charge in [0.15, 0.2) is 18.2 Å². The number of nitrogens with one attached hydrogen (secondary N) is 2. The highest BCUT2D eigenvalue weighted by Gasteiger charge is 2.31. The van der Waals surface area contributed by atoms with Crippen molar-refractivity contribution < 1.29 is 33.4 Å². The summed E-state index contributed by atoms with van der Waals surface area (Å²) < 4.78 is 9.86. The monoisotopic (exact) mass is 472 g/mol. The van der Waals surface area contributed by atoms with Gasteiger partial charge in [0, 0.05) is 22.4 Å². The average molecular weight is 472 g/mol. The molecular weight excluding hydrogens is 452 g/mol. The molecule has 1 aliphatic rings. The lowest BCUT2D eigenvalue weighted by molar-refractivity contribution is -0.119. The summed E-state index contributed by atoms with van der Waals surface area (Å²) in [5, 5.41) is 5.02. The average Bonchev–Trinajstić information content (AvgIpc) is 2.86. The lowest BCUT2D eigenvalue weighted by atomic mass is 9.83. The van der Waals surface area contributed by atoms with Crippen LogP contribution in [0.25, 0.3) is 0 Å². The Bertz CT molecular complexity index is 1360. The smallest absolute Gasteiger partial charge is 0.411 e. The molecule has 1 aliphatic carbocycles. The van der Waals surface area contributed by atoms with Crippen molar-refractivity contribution in [3.63, 3.8) is 0 Å². The summed E-state index contributed by atoms with van der Waals surface area (Å²) >= 11 is 0. The summed E-state index contributed by atoms with van der Waals surface area (Å²) in [4.78, 5) is 62.3. The number of hydrogen-bond donors (Lipinski definition) is 2. The van der Waals surface area contributed by atoms with E-state index in [1.54, 1.807) is 43.3 Å². The van der Waals surface area contributed by atoms with Crippen LogP contribution in [-0.2, 0) is 14.3 Å². The quantitative estimate of drug-likeness (QED) is 0.408. The summed E-state index contributed by atoms with van der Waals surface area (Å²) in [5.74, 6) is -2.17. The van der Waals surface area contributed by atoms with Crippen LogP contribution in [-0.4, -0.2) is 42.7 Å². The van der Waals surface area contributed by atoms with Crippen LogP contribution in [0.3, 0.4) is 0 Å². The molecule has 0 fully saturated rings. The van der Waals surface area contributed by atoms with Gasteiger partial charge in [-0.15, -0.1) is 0 Å². The molecule has 0 radical (unpaired) electrons. The molecule has 0 saturated carbocycles. The molecule has 3 aromatic rings. The second-order valence-electron chi connectivity index (χ2n) is 7.48. The van der Waals surface area contributed by atoms with Crippen LogP contribution in [0.5, 0.6) is 0 Å². The third kappa shape index (κ3) is 4.93. The van der Waals surface area contributed by atoms with Gasteiger partial charge in [-0.05, 0) is 31.2 Å². The van der Waals surface area contributed by atoms with Crippen molar-refractivity contribution in [2.45, 2.75) is 6.92 Å². The number of carbonyl (C=O) groups is 5. The van der Waals surface area contributed by atoms with Crippen molar-refractivity contribution >= 4 is 40.9 Å². The number of ether oxygens (including phenoxy) is 2. The summed E-state index contributed by atoms with van der Waals surface area (Å²) in [7, 11) is 0. The molecule has 9 heteroatoms. The van der Waals surface area contributed by atoms with Crippen LogP contribution >= 0.6 is 0 Å². The van der Waals surface area contributed by atoms with E-state index >= 15 is 0 Å². The highest BCUT2D eigenvalue weighted by atomic mass is 16.5. The van der Waals surface area contributed by atoms with Gasteiger partial charge in [0.25, 0.3) is 5.91 Å². The third-order valence-corrected chi connectivity index (χ3v) is 5.18. The van der Waals surface area contributed by atoms with Gasteiger partial charge in [0.1, 0.15) is 0 Å². The summed E-state index contributed by atoms with van der Waals surface area (Å²) in [6.07, 6.45) is -0.667. The molecule has 4 rings (SSSR count). The zero-order valence-corrected chi connectivity index (χ0v) is 18.6. The maximum absolute atomic E-state index is 13.0. The second kappa shape index (κ2) is 10.0. The molecule has 0 spiro atoms. The highest BCUT2D eigenvalue weighted by molar-refractivity contribution is 6.30. The fourth-order valence-corrected chi connectivity index (χ4v) is 3.66. The third-order valence-electron chi connectivity index (χ3n) is 5.18. The van der Waals surface area contributed by atoms with E-state index in [1.807, 2.05) is 0 Å². The number of esters is 1. The molecule has 2 amide bonds. The zero-order valence-electron chi connectivity index (χ0n) is 18.6. The summed E-state index contributed by atoms with van der Waals surface area (Å²) in [5.41, 5.74) is 1.43. The molecule has 0 bridgehead atoms. The van der Waals surface area contributed by atoms with Crippen molar-refractivity contribution in [3.05, 3.63) is 94.5 Å². The van der Waals surface area contributed by atoms with Gasteiger partial charge in [0.2, 0.25) is 0 Å². The van der Waals surface area contributed by atoms with Gasteiger partial charge >= 0.3 is 12.1 Å². The summed E-state index contributed by atoms with van der Waals surface area (Å²) in [6.45, 7) is 1.23. The summed E-state index contributed by atoms with van der Waals surface area (Å²) in [6, 6.07) is 17.0. The number of carbonyl (C=O) groups excluding carboxylic acids is 5. The standard InChI is InChI=1S/C26H20N2O7/c1-2-34-26(33)27-16-8-5-7-15(13-16)25(32)35-14-21(29)28-20-12-6-11-19-22(20)24(31)18-10-4-3-9-17(18)23(19)30/h3-13H,2,14H2,1H3,(H,27,33)(H,28,29). The van der Waals surface area contributed by atoms with E-state index < -0.39 is 24.6 Å². The molecular formula is C26H20N2O7. The number of anilines is 2. The zero-order chi connectivity index (χ0) is 24.9. The Hall–Kier alpha value is -4.79. The van der Waals surface area contributed by atoms with E-state index in [0.29, 0.717) is 11.3 Å². The molecule has 0 heterocycles. The highest BCUT2D eigenvalue weighted by Crippen LogP contribution is 2.31. The SMILES string of the molecule is CCOC(=O)Nc1cccc(C(=O)OCC(=O)Nc2cccc3c2C(=O)c2ccccc2C3=O)c1. The van der Waals surface area contributed by atoms with E-state index in [2.05, 4.69) is 10.6 Å². The Morgan fingerprint density at radius 3 is 2.20 bits per heavy atom. The van der Waals surface area contributed by atoms with Crippen molar-refractivity contribution in [1.29, 1.82) is 0 Å². The molecule has 0 aromatic heterocycles. The van der Waals surface area contributed by atoms with E-state index in [0.717, 1.165) is 0 Å². The minimum Gasteiger partial charge on any atom is -0.452 e. The number of fused-ring (bicyclic) bond motifs is 2. The van der Waals surface area contributed by atoms with Gasteiger partial charge in [-0.1, -0.05) is 42.5 Å². The Balaban J connectivity index is 1.43. The Kier molecular flexibility index (Phi) is 6.68. The molecule has 0 atom stereocenters. The number of hydrogen-bond acceptors (Lipinski definition) is 7. The van der Waals surface area contributed by atoms with E-state index in [4.69, 9.17) is 9.47 Å². The number of rotatable bonds is 6. The second-order valence-corrected chi connectivity index (χ2v) is 7.48. The number of benzene rings is 3. The van der Waals surface area contributed by atoms with Crippen LogP contribution in [0, 0.1) is 0 Å². The molecule has 2 N–H and O–H groups in total. The molecule has 0 saturated heterocycles. The van der Waals surface area contributed by atoms with E-state index in [9.17, 15) is 24.0 Å². The van der Waals surface area contributed by atoms with Crippen LogP contribution in [0.4, 0.5) is 16.2 Å². The maximum Gasteiger partial charge on any atom is 0.411 e. The first kappa shape index (κ1) is 23.4. The van der Waals surface area contributed by atoms with Crippen molar-refractivity contribution in [3.8, 4) is 0 Å². The van der Waals surface area contributed by atoms with Crippen molar-refractivity contribution in [2.75, 3.05) is 23.8 Å². The van der Waals surface area contributed by atoms with Crippen LogP contribution in [0.15, 0.2) is 66.7 Å². The number of amides is 2. The first-order chi connectivity index (χ1) is 16.9. The van der Waals surface area contributed by atoms with Crippen molar-refractivity contribution in [1.82, 2.24) is 0 Å². The Morgan fingerprint density at radius 1 is 0.771 bits per heavy atom. The first-order valence-electron chi connectivity index (χ1n) is 10.7. The minimum absolute atomic E-state index is 0.0913. The van der Waals surface area contributed by atoms with Crippen LogP contribution < -0.4 is 10.6 Å². The topological polar surface area (TPSA) is 128 Å². The molecule has 0 aliphatic heterocycles. The number of ketones is 2. The van der Waals surface area contributed by atoms with Gasteiger partial charge in [0.05, 0.1) is 23.4 Å². The Labute approximate surface area is 200 Å². The maximum atomic E-state index is 13.0. The molecule has 3 aromatic carbocycles. The predicted octanol–water partition coefficient (Wildman–Crippen LogP) is 3.83. The minimum atomic E-state index is -0.789. The lowest BCUT2D eigenvalue weighted by Gasteiger charge is -2.20. The normalized spacial score (nSPS) is 11.7. The molecule has 35 heavy (non-hydrogen) atoms. The van der Waals surface area contributed by atoms with Gasteiger partial charge in [-0.2, -0.15) is 0 Å². The fraction of sp³-hybridized carbons (Fsp3) is 0.115. The van der Waals surface area contributed by atoms with Gasteiger partial charge in [-0.3, -0.25) is 19.7 Å². The van der Waals surface area contributed by atoms with E-state index in [-0.39, 0.29) is 46.1 Å². The van der Waals surface area contributed by atoms with Gasteiger partial charge < -0.3 is 14.8 Å². The Morgan fingerprint density at radius 2 is 1.46 bits per heavy atom. The lowest BCUT2D eigenvalue weighted by Crippen LogP contribution is -2.26. The molecule has 9 nitrogen and oxygen atoms in total. The van der Waals surface area contributed by atoms with Crippen LogP contribution in [0.1, 0.15) is 49.1 Å². The van der Waals surface area contributed by atoms with E-state index in [1.165, 1.54) is 30.3 Å². The first-order valence-corrected chi connectivity index (χ1v) is 10.7. The molecule has 176 valence electrons.